The summed E-state index contributed by atoms with van der Waals surface area (Å²) in [5, 5.41) is 4.41. The van der Waals surface area contributed by atoms with E-state index in [1.54, 1.807) is 6.33 Å². The molecule has 1 amide bonds. The summed E-state index contributed by atoms with van der Waals surface area (Å²) in [4.78, 5) is 25.3. The Kier molecular flexibility index (Phi) is 5.51. The Morgan fingerprint density at radius 3 is 2.70 bits per heavy atom. The number of carbonyl (C=O) groups excluding carboxylic acids is 1. The average molecular weight is 418 g/mol. The molecule has 0 radical (unpaired) electrons. The summed E-state index contributed by atoms with van der Waals surface area (Å²) < 4.78 is 25.0. The first-order valence-electron chi connectivity index (χ1n) is 10.7. The van der Waals surface area contributed by atoms with E-state index in [-0.39, 0.29) is 24.4 Å². The van der Waals surface area contributed by atoms with Crippen LogP contribution in [0, 0.1) is 5.41 Å². The highest BCUT2D eigenvalue weighted by Crippen LogP contribution is 2.68. The van der Waals surface area contributed by atoms with Gasteiger partial charge in [-0.2, -0.15) is 0 Å². The van der Waals surface area contributed by atoms with E-state index in [9.17, 15) is 13.6 Å². The van der Waals surface area contributed by atoms with E-state index in [1.807, 2.05) is 17.2 Å². The third-order valence-electron chi connectivity index (χ3n) is 6.81. The fourth-order valence-corrected chi connectivity index (χ4v) is 4.81. The summed E-state index contributed by atoms with van der Waals surface area (Å²) in [5.74, 6) is -1.47. The van der Waals surface area contributed by atoms with Gasteiger partial charge in [-0.25, -0.2) is 18.7 Å². The molecule has 3 heterocycles. The molecule has 3 fully saturated rings. The lowest BCUT2D eigenvalue weighted by molar-refractivity contribution is -0.129. The quantitative estimate of drug-likeness (QED) is 0.720. The van der Waals surface area contributed by atoms with Crippen molar-refractivity contribution < 1.29 is 13.6 Å². The van der Waals surface area contributed by atoms with E-state index < -0.39 is 11.3 Å². The SMILES string of the molecule is C=CC(=O)N1CC(Nc2ncnc3[nH]ccc23)CCC1C.FC1(F)CC12CCCC2. The van der Waals surface area contributed by atoms with Crippen molar-refractivity contribution >= 4 is 22.8 Å². The fraction of sp³-hybridized carbons (Fsp3) is 0.591. The Labute approximate surface area is 175 Å². The first-order valence-corrected chi connectivity index (χ1v) is 10.7. The molecule has 8 heteroatoms. The minimum atomic E-state index is -2.27. The molecule has 6 nitrogen and oxygen atoms in total. The Balaban J connectivity index is 0.000000200. The molecule has 1 spiro atoms. The maximum Gasteiger partial charge on any atom is 0.254 e. The van der Waals surface area contributed by atoms with Gasteiger partial charge in [0.05, 0.1) is 5.39 Å². The van der Waals surface area contributed by atoms with Crippen molar-refractivity contribution in [2.24, 2.45) is 5.41 Å². The zero-order valence-corrected chi connectivity index (χ0v) is 17.3. The number of aromatic amines is 1. The van der Waals surface area contributed by atoms with E-state index in [4.69, 9.17) is 0 Å². The number of nitrogens with one attached hydrogen (secondary N) is 2. The number of halogens is 2. The van der Waals surface area contributed by atoms with Crippen LogP contribution in [0.3, 0.4) is 0 Å². The Hall–Kier alpha value is -2.51. The van der Waals surface area contributed by atoms with Gasteiger partial charge >= 0.3 is 0 Å². The van der Waals surface area contributed by atoms with Crippen LogP contribution in [0.4, 0.5) is 14.6 Å². The number of anilines is 1. The number of amides is 1. The topological polar surface area (TPSA) is 73.9 Å². The van der Waals surface area contributed by atoms with Crippen molar-refractivity contribution in [3.05, 3.63) is 31.2 Å². The van der Waals surface area contributed by atoms with Gasteiger partial charge in [-0.1, -0.05) is 19.4 Å². The molecule has 2 aromatic heterocycles. The van der Waals surface area contributed by atoms with E-state index in [1.165, 1.54) is 6.08 Å². The van der Waals surface area contributed by atoms with Crippen LogP contribution in [0.15, 0.2) is 31.2 Å². The number of likely N-dealkylation sites (tertiary alicyclic amines) is 1. The van der Waals surface area contributed by atoms with Gasteiger partial charge in [-0.05, 0) is 44.7 Å². The van der Waals surface area contributed by atoms with Crippen molar-refractivity contribution in [3.8, 4) is 0 Å². The zero-order valence-electron chi connectivity index (χ0n) is 17.3. The van der Waals surface area contributed by atoms with Gasteiger partial charge in [-0.3, -0.25) is 4.79 Å². The lowest BCUT2D eigenvalue weighted by atomic mass is 9.99. The third kappa shape index (κ3) is 3.91. The Morgan fingerprint density at radius 2 is 2.07 bits per heavy atom. The second-order valence-electron chi connectivity index (χ2n) is 8.79. The lowest BCUT2D eigenvalue weighted by Gasteiger charge is -2.38. The Morgan fingerprint density at radius 1 is 1.33 bits per heavy atom. The molecule has 2 aromatic rings. The predicted octanol–water partition coefficient (Wildman–Crippen LogP) is 4.52. The highest BCUT2D eigenvalue weighted by molar-refractivity contribution is 5.88. The number of rotatable bonds is 3. The van der Waals surface area contributed by atoms with Crippen LogP contribution in [0.1, 0.15) is 51.9 Å². The molecule has 1 aliphatic heterocycles. The molecule has 2 atom stereocenters. The minimum absolute atomic E-state index is 0.0107. The number of aromatic nitrogens is 3. The van der Waals surface area contributed by atoms with Crippen LogP contribution >= 0.6 is 0 Å². The Bertz CT molecular complexity index is 916. The number of hydrogen-bond donors (Lipinski definition) is 2. The van der Waals surface area contributed by atoms with Crippen molar-refractivity contribution in [1.82, 2.24) is 19.9 Å². The smallest absolute Gasteiger partial charge is 0.254 e. The van der Waals surface area contributed by atoms with Crippen molar-refractivity contribution in [1.29, 1.82) is 0 Å². The maximum atomic E-state index is 12.5. The maximum absolute atomic E-state index is 12.5. The molecule has 2 saturated carbocycles. The van der Waals surface area contributed by atoms with E-state index >= 15 is 0 Å². The molecule has 0 aromatic carbocycles. The van der Waals surface area contributed by atoms with Crippen molar-refractivity contribution in [3.63, 3.8) is 0 Å². The summed E-state index contributed by atoms with van der Waals surface area (Å²) >= 11 is 0. The molecular formula is C22H29F2N5O. The van der Waals surface area contributed by atoms with E-state index in [0.717, 1.165) is 55.4 Å². The van der Waals surface area contributed by atoms with E-state index in [0.29, 0.717) is 6.54 Å². The fourth-order valence-electron chi connectivity index (χ4n) is 4.81. The molecule has 2 unspecified atom stereocenters. The molecule has 30 heavy (non-hydrogen) atoms. The molecule has 1 saturated heterocycles. The van der Waals surface area contributed by atoms with Crippen LogP contribution in [-0.2, 0) is 4.79 Å². The van der Waals surface area contributed by atoms with Gasteiger partial charge in [0.25, 0.3) is 5.92 Å². The van der Waals surface area contributed by atoms with Crippen LogP contribution in [-0.4, -0.2) is 50.3 Å². The lowest BCUT2D eigenvalue weighted by Crippen LogP contribution is -2.49. The van der Waals surface area contributed by atoms with Crippen LogP contribution in [0.2, 0.25) is 0 Å². The summed E-state index contributed by atoms with van der Waals surface area (Å²) in [5.41, 5.74) is 0.322. The van der Waals surface area contributed by atoms with Gasteiger partial charge in [0.2, 0.25) is 5.91 Å². The largest absolute Gasteiger partial charge is 0.365 e. The standard InChI is InChI=1S/C15H19N5O.C7H10F2/c1-3-13(21)20-8-11(5-4-10(20)2)19-15-12-6-7-16-14(12)17-9-18-15;8-7(9)5-6(7)3-1-2-4-6/h3,6-7,9-11H,1,4-5,8H2,2H3,(H2,16,17,18,19);1-5H2. The zero-order chi connectivity index (χ0) is 21.4. The number of piperidine rings is 1. The predicted molar refractivity (Wildman–Crippen MR) is 112 cm³/mol. The van der Waals surface area contributed by atoms with Crippen molar-refractivity contribution in [2.45, 2.75) is 69.9 Å². The first-order chi connectivity index (χ1) is 14.4. The van der Waals surface area contributed by atoms with E-state index in [2.05, 4.69) is 33.8 Å². The summed E-state index contributed by atoms with van der Waals surface area (Å²) in [6.45, 7) is 6.32. The highest BCUT2D eigenvalue weighted by Gasteiger charge is 2.70. The van der Waals surface area contributed by atoms with Gasteiger partial charge in [-0.15, -0.1) is 0 Å². The molecule has 162 valence electrons. The number of nitrogens with zero attached hydrogens (tertiary/aromatic N) is 3. The molecule has 2 aliphatic carbocycles. The normalized spacial score (nSPS) is 26.2. The monoisotopic (exact) mass is 417 g/mol. The molecule has 0 bridgehead atoms. The molecule has 2 N–H and O–H groups in total. The van der Waals surface area contributed by atoms with Crippen molar-refractivity contribution in [2.75, 3.05) is 11.9 Å². The molecule has 5 rings (SSSR count). The van der Waals surface area contributed by atoms with Crippen LogP contribution in [0.25, 0.3) is 11.0 Å². The van der Waals surface area contributed by atoms with Crippen LogP contribution < -0.4 is 5.32 Å². The number of carbonyl (C=O) groups is 1. The van der Waals surface area contributed by atoms with Crippen LogP contribution in [0.5, 0.6) is 0 Å². The van der Waals surface area contributed by atoms with Gasteiger partial charge in [0.15, 0.2) is 0 Å². The van der Waals surface area contributed by atoms with Gasteiger partial charge < -0.3 is 15.2 Å². The number of H-pyrrole nitrogens is 1. The minimum Gasteiger partial charge on any atom is -0.365 e. The number of fused-ring (bicyclic) bond motifs is 1. The molecule has 3 aliphatic rings. The molecular weight excluding hydrogens is 388 g/mol. The summed E-state index contributed by atoms with van der Waals surface area (Å²) in [6, 6.07) is 2.40. The second kappa shape index (κ2) is 7.96. The number of hydrogen-bond acceptors (Lipinski definition) is 4. The first kappa shape index (κ1) is 20.8. The number of alkyl halides is 2. The average Bonchev–Trinajstić information content (AvgIpc) is 3.16. The second-order valence-corrected chi connectivity index (χ2v) is 8.79. The van der Waals surface area contributed by atoms with Gasteiger partial charge in [0, 0.05) is 36.7 Å². The summed E-state index contributed by atoms with van der Waals surface area (Å²) in [7, 11) is 0. The highest BCUT2D eigenvalue weighted by atomic mass is 19.3. The summed E-state index contributed by atoms with van der Waals surface area (Å²) in [6.07, 6.45) is 10.5. The third-order valence-corrected chi connectivity index (χ3v) is 6.81. The van der Waals surface area contributed by atoms with Gasteiger partial charge in [0.1, 0.15) is 17.8 Å².